The number of benzene rings is 1. The molecule has 0 fully saturated rings. The molecule has 0 aliphatic rings. The van der Waals surface area contributed by atoms with Crippen LogP contribution >= 0.6 is 12.2 Å². The number of hydrogen-bond donors (Lipinski definition) is 1. The first-order valence-electron chi connectivity index (χ1n) is 5.33. The zero-order chi connectivity index (χ0) is 12.3. The summed E-state index contributed by atoms with van der Waals surface area (Å²) in [5, 5.41) is 0. The van der Waals surface area contributed by atoms with E-state index in [4.69, 9.17) is 22.7 Å². The van der Waals surface area contributed by atoms with Gasteiger partial charge in [-0.25, -0.2) is 0 Å². The largest absolute Gasteiger partial charge is 0.492 e. The van der Waals surface area contributed by atoms with Gasteiger partial charge in [0.2, 0.25) is 0 Å². The Hall–Kier alpha value is -1.09. The van der Waals surface area contributed by atoms with Gasteiger partial charge in [0.05, 0.1) is 11.6 Å². The van der Waals surface area contributed by atoms with Crippen LogP contribution in [-0.4, -0.2) is 11.6 Å². The predicted molar refractivity (Wildman–Crippen MR) is 72.0 cm³/mol. The second-order valence-electron chi connectivity index (χ2n) is 4.81. The third-order valence-electron chi connectivity index (χ3n) is 2.60. The lowest BCUT2D eigenvalue weighted by Crippen LogP contribution is -2.35. The molecule has 0 spiro atoms. The summed E-state index contributed by atoms with van der Waals surface area (Å²) in [6.07, 6.45) is 0. The SMILES string of the molecule is Cc1ccc(C)c(OCC(C)(C)C(N)=S)c1. The summed E-state index contributed by atoms with van der Waals surface area (Å²) in [5.74, 6) is 0.907. The standard InChI is InChI=1S/C13H19NOS/c1-9-5-6-10(2)11(7-9)15-8-13(3,4)12(14)16/h5-7H,8H2,1-4H3,(H2,14,16). The summed E-state index contributed by atoms with van der Waals surface area (Å²) >= 11 is 5.00. The van der Waals surface area contributed by atoms with E-state index in [-0.39, 0.29) is 5.41 Å². The van der Waals surface area contributed by atoms with Crippen molar-refractivity contribution in [1.29, 1.82) is 0 Å². The topological polar surface area (TPSA) is 35.2 Å². The molecule has 0 unspecified atom stereocenters. The van der Waals surface area contributed by atoms with Crippen LogP contribution in [0.1, 0.15) is 25.0 Å². The van der Waals surface area contributed by atoms with Gasteiger partial charge in [0.25, 0.3) is 0 Å². The summed E-state index contributed by atoms with van der Waals surface area (Å²) in [7, 11) is 0. The first-order valence-corrected chi connectivity index (χ1v) is 5.74. The van der Waals surface area contributed by atoms with Gasteiger partial charge in [-0.1, -0.05) is 38.2 Å². The summed E-state index contributed by atoms with van der Waals surface area (Å²) in [6.45, 7) is 8.56. The molecule has 0 heterocycles. The van der Waals surface area contributed by atoms with Crippen LogP contribution in [0.4, 0.5) is 0 Å². The van der Waals surface area contributed by atoms with E-state index in [1.807, 2.05) is 33.8 Å². The van der Waals surface area contributed by atoms with E-state index in [1.165, 1.54) is 5.56 Å². The molecule has 0 amide bonds. The first kappa shape index (κ1) is 13.0. The molecule has 1 rings (SSSR count). The van der Waals surface area contributed by atoms with Crippen molar-refractivity contribution in [3.8, 4) is 5.75 Å². The van der Waals surface area contributed by atoms with E-state index in [9.17, 15) is 0 Å². The Labute approximate surface area is 103 Å². The summed E-state index contributed by atoms with van der Waals surface area (Å²) < 4.78 is 5.78. The number of hydrogen-bond acceptors (Lipinski definition) is 2. The lowest BCUT2D eigenvalue weighted by Gasteiger charge is -2.23. The third-order valence-corrected chi connectivity index (χ3v) is 3.15. The summed E-state index contributed by atoms with van der Waals surface area (Å²) in [5.41, 5.74) is 7.70. The molecule has 0 bridgehead atoms. The molecule has 1 aromatic carbocycles. The minimum atomic E-state index is -0.272. The van der Waals surface area contributed by atoms with E-state index in [2.05, 4.69) is 12.1 Å². The van der Waals surface area contributed by atoms with Crippen molar-refractivity contribution < 1.29 is 4.74 Å². The molecule has 0 aliphatic carbocycles. The molecule has 0 radical (unpaired) electrons. The van der Waals surface area contributed by atoms with Crippen LogP contribution in [-0.2, 0) is 0 Å². The van der Waals surface area contributed by atoms with Crippen molar-refractivity contribution in [2.45, 2.75) is 27.7 Å². The van der Waals surface area contributed by atoms with Crippen LogP contribution in [0.15, 0.2) is 18.2 Å². The lowest BCUT2D eigenvalue weighted by molar-refractivity contribution is 0.235. The molecule has 0 aromatic heterocycles. The fourth-order valence-corrected chi connectivity index (χ4v) is 1.25. The number of ether oxygens (including phenoxy) is 1. The van der Waals surface area contributed by atoms with E-state index < -0.39 is 0 Å². The zero-order valence-electron chi connectivity index (χ0n) is 10.3. The molecule has 2 N–H and O–H groups in total. The van der Waals surface area contributed by atoms with Gasteiger partial charge < -0.3 is 10.5 Å². The van der Waals surface area contributed by atoms with E-state index >= 15 is 0 Å². The number of aryl methyl sites for hydroxylation is 2. The average Bonchev–Trinajstić information content (AvgIpc) is 2.19. The highest BCUT2D eigenvalue weighted by Crippen LogP contribution is 2.23. The van der Waals surface area contributed by atoms with Gasteiger partial charge in [0.15, 0.2) is 0 Å². The average molecular weight is 237 g/mol. The van der Waals surface area contributed by atoms with Gasteiger partial charge in [0, 0.05) is 5.41 Å². The molecule has 2 nitrogen and oxygen atoms in total. The van der Waals surface area contributed by atoms with Crippen LogP contribution in [0.2, 0.25) is 0 Å². The Morgan fingerprint density at radius 2 is 2.00 bits per heavy atom. The molecule has 88 valence electrons. The maximum Gasteiger partial charge on any atom is 0.122 e. The van der Waals surface area contributed by atoms with E-state index in [0.29, 0.717) is 11.6 Å². The number of thiocarbonyl (C=S) groups is 1. The van der Waals surface area contributed by atoms with E-state index in [0.717, 1.165) is 11.3 Å². The van der Waals surface area contributed by atoms with Gasteiger partial charge in [-0.15, -0.1) is 0 Å². The van der Waals surface area contributed by atoms with Crippen molar-refractivity contribution in [1.82, 2.24) is 0 Å². The molecule has 1 aromatic rings. The highest BCUT2D eigenvalue weighted by Gasteiger charge is 2.22. The van der Waals surface area contributed by atoms with Gasteiger partial charge in [0.1, 0.15) is 5.75 Å². The van der Waals surface area contributed by atoms with Crippen LogP contribution in [0.5, 0.6) is 5.75 Å². The second-order valence-corrected chi connectivity index (χ2v) is 5.25. The van der Waals surface area contributed by atoms with Gasteiger partial charge in [-0.3, -0.25) is 0 Å². The van der Waals surface area contributed by atoms with Crippen LogP contribution in [0.3, 0.4) is 0 Å². The quantitative estimate of drug-likeness (QED) is 0.818. The Kier molecular flexibility index (Phi) is 3.92. The highest BCUT2D eigenvalue weighted by molar-refractivity contribution is 7.80. The normalized spacial score (nSPS) is 11.2. The third kappa shape index (κ3) is 3.20. The monoisotopic (exact) mass is 237 g/mol. The number of rotatable bonds is 4. The Bertz CT molecular complexity index is 399. The van der Waals surface area contributed by atoms with Crippen LogP contribution < -0.4 is 10.5 Å². The maximum atomic E-state index is 5.78. The van der Waals surface area contributed by atoms with Crippen molar-refractivity contribution in [2.75, 3.05) is 6.61 Å². The minimum Gasteiger partial charge on any atom is -0.492 e. The highest BCUT2D eigenvalue weighted by atomic mass is 32.1. The summed E-state index contributed by atoms with van der Waals surface area (Å²) in [4.78, 5) is 0.484. The molecule has 0 saturated carbocycles. The second kappa shape index (κ2) is 4.83. The first-order chi connectivity index (χ1) is 7.33. The van der Waals surface area contributed by atoms with Crippen molar-refractivity contribution in [2.24, 2.45) is 11.1 Å². The Morgan fingerprint density at radius 1 is 1.38 bits per heavy atom. The predicted octanol–water partition coefficient (Wildman–Crippen LogP) is 2.99. The van der Waals surface area contributed by atoms with Crippen molar-refractivity contribution >= 4 is 17.2 Å². The molecular formula is C13H19NOS. The smallest absolute Gasteiger partial charge is 0.122 e. The van der Waals surface area contributed by atoms with Crippen LogP contribution in [0, 0.1) is 19.3 Å². The fourth-order valence-electron chi connectivity index (χ4n) is 1.19. The molecular weight excluding hydrogens is 218 g/mol. The van der Waals surface area contributed by atoms with Crippen LogP contribution in [0.25, 0.3) is 0 Å². The molecule has 16 heavy (non-hydrogen) atoms. The van der Waals surface area contributed by atoms with Gasteiger partial charge >= 0.3 is 0 Å². The molecule has 0 saturated heterocycles. The summed E-state index contributed by atoms with van der Waals surface area (Å²) in [6, 6.07) is 6.16. The lowest BCUT2D eigenvalue weighted by atomic mass is 9.95. The number of nitrogens with two attached hydrogens (primary N) is 1. The van der Waals surface area contributed by atoms with Gasteiger partial charge in [-0.2, -0.15) is 0 Å². The van der Waals surface area contributed by atoms with E-state index in [1.54, 1.807) is 0 Å². The molecule has 3 heteroatoms. The maximum absolute atomic E-state index is 5.78. The zero-order valence-corrected chi connectivity index (χ0v) is 11.1. The van der Waals surface area contributed by atoms with Crippen molar-refractivity contribution in [3.63, 3.8) is 0 Å². The Balaban J connectivity index is 2.75. The van der Waals surface area contributed by atoms with Gasteiger partial charge in [-0.05, 0) is 31.0 Å². The fraction of sp³-hybridized carbons (Fsp3) is 0.462. The molecule has 0 atom stereocenters. The molecule has 0 aliphatic heterocycles. The minimum absolute atomic E-state index is 0.272. The van der Waals surface area contributed by atoms with Crippen molar-refractivity contribution in [3.05, 3.63) is 29.3 Å². The Morgan fingerprint density at radius 3 is 2.56 bits per heavy atom.